The highest BCUT2D eigenvalue weighted by Gasteiger charge is 2.26. The van der Waals surface area contributed by atoms with E-state index >= 15 is 0 Å². The summed E-state index contributed by atoms with van der Waals surface area (Å²) in [5.41, 5.74) is 5.93. The van der Waals surface area contributed by atoms with Gasteiger partial charge in [0.1, 0.15) is 0 Å². The molecule has 2 N–H and O–H groups in total. The molecular weight excluding hydrogens is 214 g/mol. The van der Waals surface area contributed by atoms with Crippen LogP contribution in [0.2, 0.25) is 0 Å². The molecule has 17 heavy (non-hydrogen) atoms. The van der Waals surface area contributed by atoms with Gasteiger partial charge in [0.2, 0.25) is 5.91 Å². The van der Waals surface area contributed by atoms with Gasteiger partial charge >= 0.3 is 0 Å². The smallest absolute Gasteiger partial charge is 0.236 e. The van der Waals surface area contributed by atoms with Crippen molar-refractivity contribution in [2.75, 3.05) is 26.7 Å². The molecule has 100 valence electrons. The van der Waals surface area contributed by atoms with Crippen molar-refractivity contribution in [3.63, 3.8) is 0 Å². The molecule has 0 spiro atoms. The van der Waals surface area contributed by atoms with Gasteiger partial charge in [0, 0.05) is 25.2 Å². The molecule has 4 nitrogen and oxygen atoms in total. The van der Waals surface area contributed by atoms with Crippen molar-refractivity contribution in [2.45, 2.75) is 45.7 Å². The number of rotatable bonds is 4. The molecule has 0 aromatic rings. The number of hydrogen-bond donors (Lipinski definition) is 1. The van der Waals surface area contributed by atoms with Gasteiger partial charge in [-0.25, -0.2) is 0 Å². The molecule has 0 radical (unpaired) electrons. The van der Waals surface area contributed by atoms with Crippen molar-refractivity contribution >= 4 is 5.91 Å². The fourth-order valence-corrected chi connectivity index (χ4v) is 2.16. The van der Waals surface area contributed by atoms with Crippen LogP contribution in [0, 0.1) is 5.92 Å². The summed E-state index contributed by atoms with van der Waals surface area (Å²) in [6.45, 7) is 8.50. The van der Waals surface area contributed by atoms with Crippen LogP contribution in [0.3, 0.4) is 0 Å². The van der Waals surface area contributed by atoms with Crippen molar-refractivity contribution in [1.29, 1.82) is 0 Å². The average Bonchev–Trinajstić information content (AvgIpc) is 2.28. The van der Waals surface area contributed by atoms with Crippen LogP contribution in [0.5, 0.6) is 0 Å². The highest BCUT2D eigenvalue weighted by molar-refractivity contribution is 5.78. The predicted molar refractivity (Wildman–Crippen MR) is 70.7 cm³/mol. The standard InChI is InChI=1S/C13H27N3O/c1-10(2)15(4)9-13(17)16-7-5-6-12(8-16)11(3)14/h10-12H,5-9,14H2,1-4H3. The topological polar surface area (TPSA) is 49.6 Å². The van der Waals surface area contributed by atoms with E-state index in [2.05, 4.69) is 18.7 Å². The van der Waals surface area contributed by atoms with Crippen LogP contribution in [0.1, 0.15) is 33.6 Å². The predicted octanol–water partition coefficient (Wildman–Crippen LogP) is 0.912. The molecule has 1 aliphatic heterocycles. The maximum atomic E-state index is 12.1. The lowest BCUT2D eigenvalue weighted by atomic mass is 9.92. The van der Waals surface area contributed by atoms with Gasteiger partial charge in [-0.15, -0.1) is 0 Å². The van der Waals surface area contributed by atoms with Crippen molar-refractivity contribution in [3.8, 4) is 0 Å². The Balaban J connectivity index is 2.46. The second kappa shape index (κ2) is 6.36. The van der Waals surface area contributed by atoms with Crippen molar-refractivity contribution in [1.82, 2.24) is 9.80 Å². The van der Waals surface area contributed by atoms with Gasteiger partial charge in [0.25, 0.3) is 0 Å². The van der Waals surface area contributed by atoms with Crippen LogP contribution in [-0.4, -0.2) is 54.5 Å². The first-order valence-electron chi connectivity index (χ1n) is 6.65. The van der Waals surface area contributed by atoms with Crippen LogP contribution >= 0.6 is 0 Å². The van der Waals surface area contributed by atoms with Gasteiger partial charge in [-0.05, 0) is 46.6 Å². The molecule has 1 fully saturated rings. The molecule has 0 aliphatic carbocycles. The van der Waals surface area contributed by atoms with E-state index in [0.717, 1.165) is 25.9 Å². The molecule has 1 amide bonds. The number of carbonyl (C=O) groups excluding carboxylic acids is 1. The summed E-state index contributed by atoms with van der Waals surface area (Å²) in [5.74, 6) is 0.712. The minimum absolute atomic E-state index is 0.188. The van der Waals surface area contributed by atoms with Crippen LogP contribution in [0.15, 0.2) is 0 Å². The van der Waals surface area contributed by atoms with Crippen LogP contribution in [0.25, 0.3) is 0 Å². The van der Waals surface area contributed by atoms with E-state index < -0.39 is 0 Å². The normalized spacial score (nSPS) is 23.2. The monoisotopic (exact) mass is 241 g/mol. The zero-order valence-electron chi connectivity index (χ0n) is 11.6. The molecule has 1 aliphatic rings. The van der Waals surface area contributed by atoms with Crippen LogP contribution < -0.4 is 5.73 Å². The van der Waals surface area contributed by atoms with E-state index in [4.69, 9.17) is 5.73 Å². The van der Waals surface area contributed by atoms with Crippen molar-refractivity contribution < 1.29 is 4.79 Å². The van der Waals surface area contributed by atoms with E-state index in [9.17, 15) is 4.79 Å². The molecule has 2 atom stereocenters. The Morgan fingerprint density at radius 3 is 2.65 bits per heavy atom. The summed E-state index contributed by atoms with van der Waals surface area (Å²) >= 11 is 0. The van der Waals surface area contributed by atoms with Crippen molar-refractivity contribution in [3.05, 3.63) is 0 Å². The number of nitrogens with zero attached hydrogens (tertiary/aromatic N) is 2. The third kappa shape index (κ3) is 4.28. The molecule has 1 rings (SSSR count). The average molecular weight is 241 g/mol. The van der Waals surface area contributed by atoms with Crippen LogP contribution in [0.4, 0.5) is 0 Å². The summed E-state index contributed by atoms with van der Waals surface area (Å²) in [5, 5.41) is 0. The van der Waals surface area contributed by atoms with E-state index in [1.54, 1.807) is 0 Å². The third-order valence-corrected chi connectivity index (χ3v) is 3.82. The van der Waals surface area contributed by atoms with E-state index in [0.29, 0.717) is 18.5 Å². The summed E-state index contributed by atoms with van der Waals surface area (Å²) in [7, 11) is 2.00. The lowest BCUT2D eigenvalue weighted by molar-refractivity contribution is -0.134. The molecule has 2 unspecified atom stereocenters. The molecule has 0 aromatic carbocycles. The zero-order valence-corrected chi connectivity index (χ0v) is 11.6. The molecule has 1 heterocycles. The SMILES string of the molecule is CC(N)C1CCCN(C(=O)CN(C)C(C)C)C1. The lowest BCUT2D eigenvalue weighted by Crippen LogP contribution is -2.48. The number of amides is 1. The van der Waals surface area contributed by atoms with Gasteiger partial charge < -0.3 is 10.6 Å². The lowest BCUT2D eigenvalue weighted by Gasteiger charge is -2.35. The third-order valence-electron chi connectivity index (χ3n) is 3.82. The number of hydrogen-bond acceptors (Lipinski definition) is 3. The van der Waals surface area contributed by atoms with Crippen molar-refractivity contribution in [2.24, 2.45) is 11.7 Å². The first-order chi connectivity index (χ1) is 7.91. The molecule has 0 aromatic heterocycles. The van der Waals surface area contributed by atoms with Gasteiger partial charge in [0.05, 0.1) is 6.54 Å². The Bertz CT molecular complexity index is 253. The Morgan fingerprint density at radius 1 is 1.47 bits per heavy atom. The Kier molecular flexibility index (Phi) is 5.40. The number of piperidine rings is 1. The van der Waals surface area contributed by atoms with Gasteiger partial charge in [-0.2, -0.15) is 0 Å². The second-order valence-electron chi connectivity index (χ2n) is 5.61. The first-order valence-corrected chi connectivity index (χ1v) is 6.65. The van der Waals surface area contributed by atoms with Crippen LogP contribution in [-0.2, 0) is 4.79 Å². The van der Waals surface area contributed by atoms with E-state index in [1.807, 2.05) is 18.9 Å². The zero-order chi connectivity index (χ0) is 13.0. The van der Waals surface area contributed by atoms with E-state index in [-0.39, 0.29) is 11.9 Å². The molecular formula is C13H27N3O. The van der Waals surface area contributed by atoms with E-state index in [1.165, 1.54) is 0 Å². The highest BCUT2D eigenvalue weighted by atomic mass is 16.2. The number of nitrogens with two attached hydrogens (primary N) is 1. The minimum Gasteiger partial charge on any atom is -0.341 e. The molecule has 0 bridgehead atoms. The van der Waals surface area contributed by atoms with Gasteiger partial charge in [-0.3, -0.25) is 9.69 Å². The number of carbonyl (C=O) groups is 1. The molecule has 0 saturated carbocycles. The summed E-state index contributed by atoms with van der Waals surface area (Å²) in [6.07, 6.45) is 2.24. The number of likely N-dealkylation sites (tertiary alicyclic amines) is 1. The number of likely N-dealkylation sites (N-methyl/N-ethyl adjacent to an activating group) is 1. The maximum Gasteiger partial charge on any atom is 0.236 e. The minimum atomic E-state index is 0.188. The Hall–Kier alpha value is -0.610. The van der Waals surface area contributed by atoms with Gasteiger partial charge in [0.15, 0.2) is 0 Å². The Morgan fingerprint density at radius 2 is 2.12 bits per heavy atom. The second-order valence-corrected chi connectivity index (χ2v) is 5.61. The summed E-state index contributed by atoms with van der Waals surface area (Å²) < 4.78 is 0. The highest BCUT2D eigenvalue weighted by Crippen LogP contribution is 2.18. The first kappa shape index (κ1) is 14.5. The Labute approximate surface area is 105 Å². The fraction of sp³-hybridized carbons (Fsp3) is 0.923. The fourth-order valence-electron chi connectivity index (χ4n) is 2.16. The summed E-state index contributed by atoms with van der Waals surface area (Å²) in [6, 6.07) is 0.599. The summed E-state index contributed by atoms with van der Waals surface area (Å²) in [4.78, 5) is 16.2. The maximum absolute atomic E-state index is 12.1. The largest absolute Gasteiger partial charge is 0.341 e. The van der Waals surface area contributed by atoms with Gasteiger partial charge in [-0.1, -0.05) is 0 Å². The quantitative estimate of drug-likeness (QED) is 0.796. The molecule has 4 heteroatoms. The molecule has 1 saturated heterocycles.